The average Bonchev–Trinajstić information content (AvgIpc) is 2.87. The molecule has 0 bridgehead atoms. The minimum absolute atomic E-state index is 0.0121. The molecule has 0 unspecified atom stereocenters. The zero-order chi connectivity index (χ0) is 25.4. The molecule has 3 N–H and O–H groups in total. The van der Waals surface area contributed by atoms with Gasteiger partial charge in [0.15, 0.2) is 11.0 Å². The van der Waals surface area contributed by atoms with E-state index >= 15 is 0 Å². The Morgan fingerprint density at radius 3 is 2.22 bits per heavy atom. The van der Waals surface area contributed by atoms with Crippen LogP contribution in [-0.2, 0) is 6.54 Å². The number of fused-ring (bicyclic) bond motifs is 1. The average molecular weight is 507 g/mol. The minimum Gasteiger partial charge on any atom is -0.508 e. The zero-order valence-electron chi connectivity index (χ0n) is 19.1. The Hall–Kier alpha value is -4.01. The van der Waals surface area contributed by atoms with Crippen molar-refractivity contribution in [1.82, 2.24) is 9.80 Å². The number of halogens is 1. The van der Waals surface area contributed by atoms with Gasteiger partial charge in [0.05, 0.1) is 5.56 Å². The molecular formula is C27H23ClN2O6. The third-order valence-electron chi connectivity index (χ3n) is 6.34. The number of rotatable bonds is 4. The molecule has 184 valence electrons. The topological polar surface area (TPSA) is 114 Å². The summed E-state index contributed by atoms with van der Waals surface area (Å²) >= 11 is 5.92. The molecule has 1 aliphatic heterocycles. The van der Waals surface area contributed by atoms with Crippen LogP contribution in [0.3, 0.4) is 0 Å². The Morgan fingerprint density at radius 2 is 1.56 bits per heavy atom. The van der Waals surface area contributed by atoms with Gasteiger partial charge in [-0.1, -0.05) is 11.6 Å². The second kappa shape index (κ2) is 9.56. The summed E-state index contributed by atoms with van der Waals surface area (Å²) in [7, 11) is 0. The summed E-state index contributed by atoms with van der Waals surface area (Å²) in [5.74, 6) is -0.307. The van der Waals surface area contributed by atoms with Gasteiger partial charge in [-0.3, -0.25) is 14.5 Å². The van der Waals surface area contributed by atoms with Gasteiger partial charge in [0.1, 0.15) is 28.4 Å². The summed E-state index contributed by atoms with van der Waals surface area (Å²) < 4.78 is 6.03. The fraction of sp³-hybridized carbons (Fsp3) is 0.185. The number of nitrogens with zero attached hydrogens (tertiary/aromatic N) is 2. The summed E-state index contributed by atoms with van der Waals surface area (Å²) in [6.45, 7) is 2.32. The Kier molecular flexibility index (Phi) is 6.30. The molecule has 1 fully saturated rings. The Balaban J connectivity index is 1.41. The SMILES string of the molecule is O=C(c1ccc(Cl)cc1)N1CCN(Cc2c(O)cc(O)c3c(=O)cc(-c4ccc(O)cc4)oc23)CC1. The third kappa shape index (κ3) is 4.60. The van der Waals surface area contributed by atoms with Crippen LogP contribution in [0.4, 0.5) is 0 Å². The van der Waals surface area contributed by atoms with Crippen LogP contribution in [0.2, 0.25) is 5.02 Å². The van der Waals surface area contributed by atoms with E-state index in [4.69, 9.17) is 16.0 Å². The standard InChI is InChI=1S/C27H23ClN2O6/c28-18-5-1-17(2-6-18)27(35)30-11-9-29(10-12-30)15-20-21(32)13-22(33)25-23(34)14-24(36-26(20)25)16-3-7-19(31)8-4-16/h1-8,13-14,31-33H,9-12,15H2. The van der Waals surface area contributed by atoms with E-state index < -0.39 is 5.43 Å². The van der Waals surface area contributed by atoms with Gasteiger partial charge in [0.25, 0.3) is 5.91 Å². The van der Waals surface area contributed by atoms with Crippen LogP contribution in [0.1, 0.15) is 15.9 Å². The van der Waals surface area contributed by atoms with Gasteiger partial charge < -0.3 is 24.6 Å². The molecule has 1 aliphatic rings. The fourth-order valence-electron chi connectivity index (χ4n) is 4.38. The van der Waals surface area contributed by atoms with Crippen LogP contribution < -0.4 is 5.43 Å². The molecule has 3 aromatic carbocycles. The minimum atomic E-state index is -0.448. The third-order valence-corrected chi connectivity index (χ3v) is 6.60. The van der Waals surface area contributed by atoms with Crippen molar-refractivity contribution in [2.24, 2.45) is 0 Å². The zero-order valence-corrected chi connectivity index (χ0v) is 19.9. The van der Waals surface area contributed by atoms with Crippen molar-refractivity contribution in [3.8, 4) is 28.6 Å². The first kappa shape index (κ1) is 23.7. The normalized spacial score (nSPS) is 14.3. The molecule has 1 saturated heterocycles. The molecule has 5 rings (SSSR count). The van der Waals surface area contributed by atoms with Crippen LogP contribution >= 0.6 is 11.6 Å². The number of carbonyl (C=O) groups excluding carboxylic acids is 1. The van der Waals surface area contributed by atoms with Crippen LogP contribution in [0.25, 0.3) is 22.3 Å². The largest absolute Gasteiger partial charge is 0.508 e. The number of hydrogen-bond donors (Lipinski definition) is 3. The predicted molar refractivity (Wildman–Crippen MR) is 136 cm³/mol. The molecule has 36 heavy (non-hydrogen) atoms. The number of aromatic hydroxyl groups is 3. The fourth-order valence-corrected chi connectivity index (χ4v) is 4.51. The lowest BCUT2D eigenvalue weighted by atomic mass is 10.1. The summed E-state index contributed by atoms with van der Waals surface area (Å²) in [5.41, 5.74) is 1.16. The molecule has 0 aliphatic carbocycles. The summed E-state index contributed by atoms with van der Waals surface area (Å²) in [4.78, 5) is 29.5. The smallest absolute Gasteiger partial charge is 0.253 e. The van der Waals surface area contributed by atoms with E-state index in [1.807, 2.05) is 4.90 Å². The maximum Gasteiger partial charge on any atom is 0.253 e. The van der Waals surface area contributed by atoms with Crippen molar-refractivity contribution in [2.75, 3.05) is 26.2 Å². The molecule has 9 heteroatoms. The maximum atomic E-state index is 12.9. The van der Waals surface area contributed by atoms with Gasteiger partial charge in [-0.15, -0.1) is 0 Å². The summed E-state index contributed by atoms with van der Waals surface area (Å²) in [6, 6.07) is 15.4. The second-order valence-corrected chi connectivity index (χ2v) is 9.13. The van der Waals surface area contributed by atoms with Crippen LogP contribution in [0.5, 0.6) is 17.2 Å². The molecule has 2 heterocycles. The van der Waals surface area contributed by atoms with Crippen molar-refractivity contribution in [3.05, 3.63) is 87.0 Å². The van der Waals surface area contributed by atoms with Crippen molar-refractivity contribution in [1.29, 1.82) is 0 Å². The predicted octanol–water partition coefficient (Wildman–Crippen LogP) is 4.19. The van der Waals surface area contributed by atoms with Crippen molar-refractivity contribution >= 4 is 28.5 Å². The number of piperazine rings is 1. The Bertz CT molecular complexity index is 1490. The first-order valence-corrected chi connectivity index (χ1v) is 11.8. The lowest BCUT2D eigenvalue weighted by Gasteiger charge is -2.35. The Labute approximate surface area is 211 Å². The van der Waals surface area contributed by atoms with Gasteiger partial charge in [0.2, 0.25) is 0 Å². The molecule has 0 atom stereocenters. The van der Waals surface area contributed by atoms with Crippen LogP contribution in [0.15, 0.2) is 69.9 Å². The van der Waals surface area contributed by atoms with E-state index in [9.17, 15) is 24.9 Å². The van der Waals surface area contributed by atoms with E-state index in [0.29, 0.717) is 47.9 Å². The molecule has 0 radical (unpaired) electrons. The molecule has 8 nitrogen and oxygen atoms in total. The van der Waals surface area contributed by atoms with Crippen LogP contribution in [0, 0.1) is 0 Å². The Morgan fingerprint density at radius 1 is 0.889 bits per heavy atom. The number of phenolic OH excluding ortho intramolecular Hbond substituents is 3. The number of hydrogen-bond acceptors (Lipinski definition) is 7. The molecule has 0 saturated carbocycles. The van der Waals surface area contributed by atoms with E-state index in [0.717, 1.165) is 6.07 Å². The molecule has 1 amide bonds. The highest BCUT2D eigenvalue weighted by Crippen LogP contribution is 2.36. The van der Waals surface area contributed by atoms with Gasteiger partial charge in [-0.2, -0.15) is 0 Å². The van der Waals surface area contributed by atoms with Crippen LogP contribution in [-0.4, -0.2) is 57.2 Å². The molecule has 4 aromatic rings. The molecule has 0 spiro atoms. The highest BCUT2D eigenvalue weighted by molar-refractivity contribution is 6.30. The van der Waals surface area contributed by atoms with E-state index in [1.54, 1.807) is 41.3 Å². The second-order valence-electron chi connectivity index (χ2n) is 8.69. The number of benzene rings is 3. The summed E-state index contributed by atoms with van der Waals surface area (Å²) in [5, 5.41) is 31.1. The van der Waals surface area contributed by atoms with Crippen molar-refractivity contribution in [2.45, 2.75) is 6.54 Å². The lowest BCUT2D eigenvalue weighted by Crippen LogP contribution is -2.48. The van der Waals surface area contributed by atoms with E-state index in [1.165, 1.54) is 18.2 Å². The van der Waals surface area contributed by atoms with E-state index in [2.05, 4.69) is 0 Å². The highest BCUT2D eigenvalue weighted by Gasteiger charge is 2.25. The monoisotopic (exact) mass is 506 g/mol. The van der Waals surface area contributed by atoms with E-state index in [-0.39, 0.29) is 46.4 Å². The maximum absolute atomic E-state index is 12.9. The molecular weight excluding hydrogens is 484 g/mol. The number of amides is 1. The van der Waals surface area contributed by atoms with Crippen molar-refractivity contribution in [3.63, 3.8) is 0 Å². The first-order chi connectivity index (χ1) is 17.3. The van der Waals surface area contributed by atoms with Gasteiger partial charge in [-0.05, 0) is 48.5 Å². The summed E-state index contributed by atoms with van der Waals surface area (Å²) in [6.07, 6.45) is 0. The number of carbonyl (C=O) groups is 1. The highest BCUT2D eigenvalue weighted by atomic mass is 35.5. The van der Waals surface area contributed by atoms with Gasteiger partial charge in [0, 0.05) is 61.0 Å². The van der Waals surface area contributed by atoms with Crippen molar-refractivity contribution < 1.29 is 24.5 Å². The quantitative estimate of drug-likeness (QED) is 0.380. The molecule has 1 aromatic heterocycles. The van der Waals surface area contributed by atoms with Gasteiger partial charge in [-0.25, -0.2) is 0 Å². The number of phenols is 3. The first-order valence-electron chi connectivity index (χ1n) is 11.4. The van der Waals surface area contributed by atoms with Gasteiger partial charge >= 0.3 is 0 Å². The lowest BCUT2D eigenvalue weighted by molar-refractivity contribution is 0.0627.